The van der Waals surface area contributed by atoms with E-state index in [1.54, 1.807) is 14.0 Å². The van der Waals surface area contributed by atoms with Crippen LogP contribution in [0.15, 0.2) is 22.6 Å². The van der Waals surface area contributed by atoms with Crippen molar-refractivity contribution in [3.05, 3.63) is 22.6 Å². The van der Waals surface area contributed by atoms with Gasteiger partial charge < -0.3 is 30.2 Å². The lowest BCUT2D eigenvalue weighted by atomic mass is 9.83. The van der Waals surface area contributed by atoms with E-state index < -0.39 is 17.7 Å². The average Bonchev–Trinajstić information content (AvgIpc) is 3.40. The first-order valence-corrected chi connectivity index (χ1v) is 12.0. The Hall–Kier alpha value is -2.08. The number of allylic oxidation sites excluding steroid dienone is 2. The number of hydrogen-bond donors (Lipinski definition) is 2. The average molecular weight is 465 g/mol. The van der Waals surface area contributed by atoms with Gasteiger partial charge in [0, 0.05) is 62.0 Å². The fourth-order valence-corrected chi connectivity index (χ4v) is 6.52. The molecule has 174 valence electrons. The number of thioether (sulfide) groups is 1. The molecular weight excluding hydrogens is 436 g/mol. The van der Waals surface area contributed by atoms with Crippen LogP contribution in [0.2, 0.25) is 0 Å². The number of Topliss-reactive ketones (excluding diaryl/α,β-unsaturated/α-hetero) is 2. The highest BCUT2D eigenvalue weighted by atomic mass is 32.2. The number of carbonyl (C=O) groups is 3. The summed E-state index contributed by atoms with van der Waals surface area (Å²) in [5.41, 5.74) is 5.17. The molecule has 0 aromatic heterocycles. The number of primary amides is 1. The van der Waals surface area contributed by atoms with Crippen LogP contribution in [0.4, 0.5) is 4.79 Å². The van der Waals surface area contributed by atoms with E-state index in [-0.39, 0.29) is 36.0 Å². The summed E-state index contributed by atoms with van der Waals surface area (Å²) in [6.07, 6.45) is -0.937. The Bertz CT molecular complexity index is 929. The second-order valence-corrected chi connectivity index (χ2v) is 9.90. The van der Waals surface area contributed by atoms with Crippen LogP contribution in [0, 0.1) is 5.92 Å². The summed E-state index contributed by atoms with van der Waals surface area (Å²) in [5.74, 6) is 1.02. The number of hydrogen-bond acceptors (Lipinski definition) is 10. The standard InChI is InChI=1S/C21H28N4O6S/c1-11-16(26)15-14(17(27)18(11)30-6-3-24-4-7-32-8-5-24)12(10-31-20(22)28)21(29-2)19-13(23-19)9-25(15)21/h12-13,19,23H,3-10H2,1-2H3,(H2,22,28)/t12?,13?,19?,21-/m1/s1. The second-order valence-electron chi connectivity index (χ2n) is 8.68. The van der Waals surface area contributed by atoms with Crippen LogP contribution in [0.25, 0.3) is 0 Å². The molecule has 0 bridgehead atoms. The zero-order chi connectivity index (χ0) is 22.6. The summed E-state index contributed by atoms with van der Waals surface area (Å²) in [7, 11) is 1.55. The highest BCUT2D eigenvalue weighted by Crippen LogP contribution is 2.55. The highest BCUT2D eigenvalue weighted by molar-refractivity contribution is 7.99. The van der Waals surface area contributed by atoms with E-state index >= 15 is 0 Å². The number of rotatable bonds is 7. The summed E-state index contributed by atoms with van der Waals surface area (Å²) in [4.78, 5) is 42.6. The topological polar surface area (TPSA) is 133 Å². The van der Waals surface area contributed by atoms with E-state index in [9.17, 15) is 14.4 Å². The molecule has 0 saturated carbocycles. The van der Waals surface area contributed by atoms with Crippen molar-refractivity contribution < 1.29 is 28.6 Å². The van der Waals surface area contributed by atoms with Gasteiger partial charge in [-0.05, 0) is 6.92 Å². The van der Waals surface area contributed by atoms with Crippen molar-refractivity contribution in [1.29, 1.82) is 0 Å². The third-order valence-electron chi connectivity index (χ3n) is 7.13. The van der Waals surface area contributed by atoms with Crippen molar-refractivity contribution in [3.8, 4) is 0 Å². The molecule has 11 heteroatoms. The zero-order valence-corrected chi connectivity index (χ0v) is 19.0. The highest BCUT2D eigenvalue weighted by Gasteiger charge is 2.72. The number of ketones is 2. The Balaban J connectivity index is 1.41. The molecule has 5 rings (SSSR count). The van der Waals surface area contributed by atoms with E-state index in [1.165, 1.54) is 0 Å². The van der Waals surface area contributed by atoms with Gasteiger partial charge in [0.05, 0.1) is 17.7 Å². The van der Waals surface area contributed by atoms with Gasteiger partial charge in [0.2, 0.25) is 11.6 Å². The van der Waals surface area contributed by atoms with Gasteiger partial charge in [0.15, 0.2) is 11.5 Å². The van der Waals surface area contributed by atoms with Gasteiger partial charge in [-0.3, -0.25) is 14.5 Å². The molecule has 3 N–H and O–H groups in total. The smallest absolute Gasteiger partial charge is 0.404 e. The van der Waals surface area contributed by atoms with Crippen LogP contribution in [0.1, 0.15) is 6.92 Å². The summed E-state index contributed by atoms with van der Waals surface area (Å²) < 4.78 is 17.0. The van der Waals surface area contributed by atoms with Crippen molar-refractivity contribution in [2.24, 2.45) is 11.7 Å². The molecule has 1 aliphatic carbocycles. The second kappa shape index (κ2) is 8.05. The van der Waals surface area contributed by atoms with E-state index in [4.69, 9.17) is 19.9 Å². The molecule has 3 fully saturated rings. The Kier molecular flexibility index (Phi) is 5.47. The van der Waals surface area contributed by atoms with Gasteiger partial charge in [0.25, 0.3) is 0 Å². The van der Waals surface area contributed by atoms with Gasteiger partial charge in [0.1, 0.15) is 13.2 Å². The van der Waals surface area contributed by atoms with Gasteiger partial charge >= 0.3 is 6.09 Å². The molecular formula is C21H28N4O6S. The minimum Gasteiger partial charge on any atom is -0.488 e. The first-order valence-electron chi connectivity index (χ1n) is 10.9. The largest absolute Gasteiger partial charge is 0.488 e. The van der Waals surface area contributed by atoms with E-state index in [0.29, 0.717) is 36.5 Å². The van der Waals surface area contributed by atoms with Crippen molar-refractivity contribution in [3.63, 3.8) is 0 Å². The fourth-order valence-electron chi connectivity index (χ4n) is 5.54. The van der Waals surface area contributed by atoms with E-state index in [0.717, 1.165) is 24.6 Å². The molecule has 3 saturated heterocycles. The molecule has 1 amide bonds. The first-order chi connectivity index (χ1) is 15.4. The molecule has 0 aromatic carbocycles. The van der Waals surface area contributed by atoms with Crippen LogP contribution in [0.3, 0.4) is 0 Å². The quantitative estimate of drug-likeness (QED) is 0.374. The monoisotopic (exact) mass is 464 g/mol. The summed E-state index contributed by atoms with van der Waals surface area (Å²) in [6, 6.07) is 0.0921. The lowest BCUT2D eigenvalue weighted by molar-refractivity contribution is -0.137. The Morgan fingerprint density at radius 1 is 1.28 bits per heavy atom. The number of piperazine rings is 1. The van der Waals surface area contributed by atoms with E-state index in [2.05, 4.69) is 10.2 Å². The number of ether oxygens (including phenoxy) is 3. The first kappa shape index (κ1) is 21.7. The molecule has 0 radical (unpaired) electrons. The lowest BCUT2D eigenvalue weighted by Crippen LogP contribution is -2.55. The number of nitrogens with one attached hydrogen (secondary N) is 1. The minimum atomic E-state index is -0.975. The normalized spacial score (nSPS) is 33.9. The number of nitrogens with two attached hydrogens (primary N) is 1. The molecule has 4 heterocycles. The van der Waals surface area contributed by atoms with Gasteiger partial charge in [-0.15, -0.1) is 0 Å². The molecule has 0 spiro atoms. The summed E-state index contributed by atoms with van der Waals surface area (Å²) in [6.45, 7) is 5.02. The van der Waals surface area contributed by atoms with Gasteiger partial charge in [-0.2, -0.15) is 11.8 Å². The molecule has 32 heavy (non-hydrogen) atoms. The predicted octanol–water partition coefficient (Wildman–Crippen LogP) is -0.544. The zero-order valence-electron chi connectivity index (χ0n) is 18.2. The fraction of sp³-hybridized carbons (Fsp3) is 0.667. The van der Waals surface area contributed by atoms with Crippen LogP contribution in [-0.2, 0) is 23.8 Å². The summed E-state index contributed by atoms with van der Waals surface area (Å²) in [5, 5.41) is 3.34. The van der Waals surface area contributed by atoms with Crippen LogP contribution in [0.5, 0.6) is 0 Å². The molecule has 4 aliphatic heterocycles. The van der Waals surface area contributed by atoms with Crippen molar-refractivity contribution in [2.75, 3.05) is 58.0 Å². The van der Waals surface area contributed by atoms with Crippen LogP contribution in [-0.4, -0.2) is 103 Å². The van der Waals surface area contributed by atoms with Crippen molar-refractivity contribution in [1.82, 2.24) is 15.1 Å². The molecule has 4 atom stereocenters. The minimum absolute atomic E-state index is 0.0678. The predicted molar refractivity (Wildman–Crippen MR) is 116 cm³/mol. The van der Waals surface area contributed by atoms with Crippen LogP contribution >= 0.6 is 11.8 Å². The number of fused-ring (bicyclic) bond motifs is 4. The maximum atomic E-state index is 13.6. The maximum Gasteiger partial charge on any atom is 0.404 e. The number of carbonyl (C=O) groups excluding carboxylic acids is 3. The van der Waals surface area contributed by atoms with Crippen molar-refractivity contribution in [2.45, 2.75) is 24.7 Å². The van der Waals surface area contributed by atoms with E-state index in [1.807, 2.05) is 16.7 Å². The SMILES string of the molecule is CO[C@@]12C(COC(N)=O)C3=C(C(=O)C(C)=C(OCCN4CCSCC4)C3=O)N1CC1NC12. The van der Waals surface area contributed by atoms with Gasteiger partial charge in [-0.25, -0.2) is 4.79 Å². The lowest BCUT2D eigenvalue weighted by Gasteiger charge is -2.39. The van der Waals surface area contributed by atoms with Crippen molar-refractivity contribution >= 4 is 29.4 Å². The molecule has 5 aliphatic rings. The Morgan fingerprint density at radius 3 is 2.72 bits per heavy atom. The number of methoxy groups -OCH3 is 1. The summed E-state index contributed by atoms with van der Waals surface area (Å²) >= 11 is 1.93. The molecule has 0 aromatic rings. The Labute approximate surface area is 190 Å². The third-order valence-corrected chi connectivity index (χ3v) is 8.07. The van der Waals surface area contributed by atoms with Gasteiger partial charge in [-0.1, -0.05) is 0 Å². The number of nitrogens with zero attached hydrogens (tertiary/aromatic N) is 2. The number of amides is 1. The van der Waals surface area contributed by atoms with Crippen LogP contribution < -0.4 is 11.1 Å². The maximum absolute atomic E-state index is 13.6. The Morgan fingerprint density at radius 2 is 2.03 bits per heavy atom. The molecule has 10 nitrogen and oxygen atoms in total. The molecule has 3 unspecified atom stereocenters. The third kappa shape index (κ3) is 3.17.